The molecule has 4 heteroatoms. The van der Waals surface area contributed by atoms with Crippen molar-refractivity contribution >= 4 is 11.6 Å². The zero-order valence-electron chi connectivity index (χ0n) is 11.7. The standard InChI is InChI=1S/C17H18ClNO2/c18-16-6-2-4-13(10-19-14-7-8-14)17(16)21-15-5-1-3-12(9-15)11-20/h1-6,9,14,19-20H,7-8,10-11H2. The van der Waals surface area contributed by atoms with Crippen molar-refractivity contribution in [2.75, 3.05) is 0 Å². The first-order valence-electron chi connectivity index (χ1n) is 7.14. The van der Waals surface area contributed by atoms with Gasteiger partial charge in [0.1, 0.15) is 11.5 Å². The molecule has 1 aliphatic carbocycles. The van der Waals surface area contributed by atoms with Gasteiger partial charge in [-0.05, 0) is 36.6 Å². The topological polar surface area (TPSA) is 41.5 Å². The average Bonchev–Trinajstić information content (AvgIpc) is 3.32. The van der Waals surface area contributed by atoms with Crippen LogP contribution in [-0.2, 0) is 13.2 Å². The summed E-state index contributed by atoms with van der Waals surface area (Å²) in [6.45, 7) is 0.746. The van der Waals surface area contributed by atoms with Crippen LogP contribution in [0.25, 0.3) is 0 Å². The summed E-state index contributed by atoms with van der Waals surface area (Å²) in [5.41, 5.74) is 1.86. The van der Waals surface area contributed by atoms with Crippen molar-refractivity contribution in [1.29, 1.82) is 0 Å². The number of para-hydroxylation sites is 1. The molecule has 2 N–H and O–H groups in total. The molecular weight excluding hydrogens is 286 g/mol. The molecular formula is C17H18ClNO2. The molecule has 3 nitrogen and oxygen atoms in total. The van der Waals surface area contributed by atoms with Crippen molar-refractivity contribution in [2.45, 2.75) is 32.0 Å². The van der Waals surface area contributed by atoms with Gasteiger partial charge in [0.05, 0.1) is 11.6 Å². The Hall–Kier alpha value is -1.55. The van der Waals surface area contributed by atoms with E-state index in [-0.39, 0.29) is 6.61 Å². The fourth-order valence-corrected chi connectivity index (χ4v) is 2.41. The normalized spacial score (nSPS) is 14.2. The van der Waals surface area contributed by atoms with Gasteiger partial charge in [-0.3, -0.25) is 0 Å². The predicted octanol–water partition coefficient (Wildman–Crippen LogP) is 3.88. The smallest absolute Gasteiger partial charge is 0.150 e. The number of hydrogen-bond acceptors (Lipinski definition) is 3. The molecule has 0 heterocycles. The van der Waals surface area contributed by atoms with E-state index >= 15 is 0 Å². The molecule has 1 aliphatic rings. The van der Waals surface area contributed by atoms with Crippen molar-refractivity contribution < 1.29 is 9.84 Å². The van der Waals surface area contributed by atoms with Gasteiger partial charge in [0.25, 0.3) is 0 Å². The monoisotopic (exact) mass is 303 g/mol. The molecule has 1 fully saturated rings. The lowest BCUT2D eigenvalue weighted by Gasteiger charge is -2.14. The van der Waals surface area contributed by atoms with Gasteiger partial charge in [-0.2, -0.15) is 0 Å². The maximum atomic E-state index is 9.20. The molecule has 0 atom stereocenters. The molecule has 2 aromatic rings. The first-order valence-corrected chi connectivity index (χ1v) is 7.52. The lowest BCUT2D eigenvalue weighted by molar-refractivity contribution is 0.281. The molecule has 0 amide bonds. The predicted molar refractivity (Wildman–Crippen MR) is 83.8 cm³/mol. The van der Waals surface area contributed by atoms with E-state index in [0.717, 1.165) is 17.7 Å². The second-order valence-corrected chi connectivity index (χ2v) is 5.70. The summed E-state index contributed by atoms with van der Waals surface area (Å²) >= 11 is 6.28. The minimum Gasteiger partial charge on any atom is -0.455 e. The number of aliphatic hydroxyl groups is 1. The lowest BCUT2D eigenvalue weighted by Crippen LogP contribution is -2.15. The van der Waals surface area contributed by atoms with Crippen molar-refractivity contribution in [3.05, 3.63) is 58.6 Å². The third kappa shape index (κ3) is 3.76. The minimum absolute atomic E-state index is 0.00415. The highest BCUT2D eigenvalue weighted by Crippen LogP contribution is 2.33. The van der Waals surface area contributed by atoms with E-state index in [9.17, 15) is 5.11 Å². The van der Waals surface area contributed by atoms with E-state index in [1.165, 1.54) is 12.8 Å². The van der Waals surface area contributed by atoms with Crippen molar-refractivity contribution in [2.24, 2.45) is 0 Å². The zero-order valence-corrected chi connectivity index (χ0v) is 12.4. The highest BCUT2D eigenvalue weighted by Gasteiger charge is 2.21. The van der Waals surface area contributed by atoms with E-state index in [2.05, 4.69) is 5.32 Å². The summed E-state index contributed by atoms with van der Waals surface area (Å²) in [7, 11) is 0. The Morgan fingerprint density at radius 3 is 2.76 bits per heavy atom. The Labute approximate surface area is 129 Å². The van der Waals surface area contributed by atoms with Gasteiger partial charge < -0.3 is 15.2 Å². The van der Waals surface area contributed by atoms with Gasteiger partial charge in [0, 0.05) is 18.2 Å². The van der Waals surface area contributed by atoms with Crippen LogP contribution in [-0.4, -0.2) is 11.1 Å². The Bertz CT molecular complexity index is 626. The Balaban J connectivity index is 1.81. The van der Waals surface area contributed by atoms with Gasteiger partial charge >= 0.3 is 0 Å². The summed E-state index contributed by atoms with van der Waals surface area (Å²) in [6, 6.07) is 13.8. The Kier molecular flexibility index (Phi) is 4.44. The highest BCUT2D eigenvalue weighted by molar-refractivity contribution is 6.32. The van der Waals surface area contributed by atoms with Gasteiger partial charge in [-0.1, -0.05) is 35.9 Å². The van der Waals surface area contributed by atoms with Crippen molar-refractivity contribution in [3.8, 4) is 11.5 Å². The fraction of sp³-hybridized carbons (Fsp3) is 0.294. The van der Waals surface area contributed by atoms with Crippen molar-refractivity contribution in [3.63, 3.8) is 0 Å². The molecule has 2 aromatic carbocycles. The Morgan fingerprint density at radius 1 is 1.19 bits per heavy atom. The van der Waals surface area contributed by atoms with E-state index < -0.39 is 0 Å². The molecule has 0 saturated heterocycles. The summed E-state index contributed by atoms with van der Waals surface area (Å²) in [6.07, 6.45) is 2.49. The summed E-state index contributed by atoms with van der Waals surface area (Å²) in [5.74, 6) is 1.37. The largest absolute Gasteiger partial charge is 0.455 e. The average molecular weight is 304 g/mol. The minimum atomic E-state index is -0.00415. The number of rotatable bonds is 6. The molecule has 3 rings (SSSR count). The molecule has 0 aliphatic heterocycles. The number of halogens is 1. The van der Waals surface area contributed by atoms with Crippen LogP contribution >= 0.6 is 11.6 Å². The van der Waals surface area contributed by atoms with Gasteiger partial charge in [-0.25, -0.2) is 0 Å². The van der Waals surface area contributed by atoms with E-state index in [4.69, 9.17) is 16.3 Å². The zero-order chi connectivity index (χ0) is 14.7. The maximum absolute atomic E-state index is 9.20. The molecule has 0 bridgehead atoms. The van der Waals surface area contributed by atoms with Crippen LogP contribution in [0.2, 0.25) is 5.02 Å². The molecule has 0 radical (unpaired) electrons. The number of hydrogen-bond donors (Lipinski definition) is 2. The van der Waals surface area contributed by atoms with Crippen LogP contribution in [0, 0.1) is 0 Å². The summed E-state index contributed by atoms with van der Waals surface area (Å²) in [4.78, 5) is 0. The van der Waals surface area contributed by atoms with Gasteiger partial charge in [-0.15, -0.1) is 0 Å². The van der Waals surface area contributed by atoms with Crippen LogP contribution in [0.1, 0.15) is 24.0 Å². The lowest BCUT2D eigenvalue weighted by atomic mass is 10.2. The second-order valence-electron chi connectivity index (χ2n) is 5.29. The van der Waals surface area contributed by atoms with Crippen LogP contribution in [0.4, 0.5) is 0 Å². The molecule has 1 saturated carbocycles. The van der Waals surface area contributed by atoms with Crippen LogP contribution < -0.4 is 10.1 Å². The molecule has 0 unspecified atom stereocenters. The first-order chi connectivity index (χ1) is 10.3. The first kappa shape index (κ1) is 14.4. The SMILES string of the molecule is OCc1cccc(Oc2c(Cl)cccc2CNC2CC2)c1. The quantitative estimate of drug-likeness (QED) is 0.851. The van der Waals surface area contributed by atoms with E-state index in [1.807, 2.05) is 42.5 Å². The summed E-state index contributed by atoms with van der Waals surface area (Å²) in [5, 5.41) is 13.3. The number of ether oxygens (including phenoxy) is 1. The van der Waals surface area contributed by atoms with Gasteiger partial charge in [0.2, 0.25) is 0 Å². The van der Waals surface area contributed by atoms with E-state index in [1.54, 1.807) is 0 Å². The number of aliphatic hydroxyl groups excluding tert-OH is 1. The second kappa shape index (κ2) is 6.48. The van der Waals surface area contributed by atoms with Crippen molar-refractivity contribution in [1.82, 2.24) is 5.32 Å². The van der Waals surface area contributed by atoms with E-state index in [0.29, 0.717) is 22.6 Å². The third-order valence-corrected chi connectivity index (χ3v) is 3.81. The maximum Gasteiger partial charge on any atom is 0.150 e. The highest BCUT2D eigenvalue weighted by atomic mass is 35.5. The van der Waals surface area contributed by atoms with Crippen LogP contribution in [0.15, 0.2) is 42.5 Å². The number of nitrogens with one attached hydrogen (secondary N) is 1. The number of benzene rings is 2. The van der Waals surface area contributed by atoms with Crippen LogP contribution in [0.5, 0.6) is 11.5 Å². The van der Waals surface area contributed by atoms with Crippen LogP contribution in [0.3, 0.4) is 0 Å². The summed E-state index contributed by atoms with van der Waals surface area (Å²) < 4.78 is 5.95. The van der Waals surface area contributed by atoms with Gasteiger partial charge in [0.15, 0.2) is 0 Å². The molecule has 0 aromatic heterocycles. The third-order valence-electron chi connectivity index (χ3n) is 3.51. The molecule has 110 valence electrons. The Morgan fingerprint density at radius 2 is 2.00 bits per heavy atom. The molecule has 21 heavy (non-hydrogen) atoms. The molecule has 0 spiro atoms. The fourth-order valence-electron chi connectivity index (χ4n) is 2.17.